The fourth-order valence-electron chi connectivity index (χ4n) is 2.79. The Kier molecular flexibility index (Phi) is 3.51. The van der Waals surface area contributed by atoms with E-state index < -0.39 is 0 Å². The number of hydrogen-bond donors (Lipinski definition) is 1. The second-order valence-corrected chi connectivity index (χ2v) is 5.23. The molecule has 0 saturated heterocycles. The summed E-state index contributed by atoms with van der Waals surface area (Å²) in [7, 11) is 2.10. The molecule has 0 atom stereocenters. The van der Waals surface area contributed by atoms with Gasteiger partial charge < -0.3 is 15.5 Å². The molecule has 0 radical (unpaired) electrons. The highest BCUT2D eigenvalue weighted by Gasteiger charge is 2.22. The molecule has 2 aromatic carbocycles. The highest BCUT2D eigenvalue weighted by atomic mass is 15.3. The number of nitrogens with zero attached hydrogens (tertiary/aromatic N) is 3. The van der Waals surface area contributed by atoms with E-state index in [0.29, 0.717) is 12.1 Å². The Morgan fingerprint density at radius 2 is 1.86 bits per heavy atom. The topological polar surface area (TPSA) is 56.3 Å². The molecule has 0 amide bonds. The van der Waals surface area contributed by atoms with Crippen molar-refractivity contribution in [1.82, 2.24) is 0 Å². The van der Waals surface area contributed by atoms with Gasteiger partial charge in [0.15, 0.2) is 0 Å². The van der Waals surface area contributed by atoms with E-state index in [2.05, 4.69) is 35.0 Å². The summed E-state index contributed by atoms with van der Waals surface area (Å²) in [6, 6.07) is 16.5. The van der Waals surface area contributed by atoms with Gasteiger partial charge in [-0.2, -0.15) is 5.26 Å². The number of hydrogen-bond acceptors (Lipinski definition) is 4. The molecule has 0 fully saturated rings. The largest absolute Gasteiger partial charge is 0.371 e. The van der Waals surface area contributed by atoms with Crippen molar-refractivity contribution in [2.45, 2.75) is 6.54 Å². The Labute approximate surface area is 125 Å². The summed E-state index contributed by atoms with van der Waals surface area (Å²) in [4.78, 5) is 4.46. The van der Waals surface area contributed by atoms with Crippen molar-refractivity contribution in [1.29, 1.82) is 5.26 Å². The molecule has 0 spiro atoms. The molecule has 1 aliphatic heterocycles. The SMILES string of the molecule is CN1CCN(c2ccc(CN)cc2C#N)c2ccccc21. The molecule has 1 aliphatic rings. The first-order valence-corrected chi connectivity index (χ1v) is 7.05. The average molecular weight is 278 g/mol. The second-order valence-electron chi connectivity index (χ2n) is 5.23. The molecule has 0 unspecified atom stereocenters. The maximum atomic E-state index is 9.44. The molecule has 4 nitrogen and oxygen atoms in total. The first-order chi connectivity index (χ1) is 10.2. The zero-order valence-corrected chi connectivity index (χ0v) is 12.1. The van der Waals surface area contributed by atoms with Gasteiger partial charge >= 0.3 is 0 Å². The third-order valence-electron chi connectivity index (χ3n) is 3.95. The molecule has 4 heteroatoms. The van der Waals surface area contributed by atoms with Crippen molar-refractivity contribution >= 4 is 17.1 Å². The minimum Gasteiger partial charge on any atom is -0.371 e. The van der Waals surface area contributed by atoms with Crippen LogP contribution in [0.1, 0.15) is 11.1 Å². The Bertz CT molecular complexity index is 702. The molecule has 0 bridgehead atoms. The van der Waals surface area contributed by atoms with Crippen LogP contribution in [0.25, 0.3) is 0 Å². The minimum absolute atomic E-state index is 0.453. The zero-order valence-electron chi connectivity index (χ0n) is 12.1. The van der Waals surface area contributed by atoms with Gasteiger partial charge in [0.2, 0.25) is 0 Å². The summed E-state index contributed by atoms with van der Waals surface area (Å²) in [6.07, 6.45) is 0. The van der Waals surface area contributed by atoms with Crippen LogP contribution in [0.5, 0.6) is 0 Å². The molecule has 0 aliphatic carbocycles. The van der Waals surface area contributed by atoms with Crippen molar-refractivity contribution in [2.24, 2.45) is 5.73 Å². The molecule has 0 aromatic heterocycles. The standard InChI is InChI=1S/C17H18N4/c1-20-8-9-21(17-5-3-2-4-16(17)20)15-7-6-13(11-18)10-14(15)12-19/h2-7,10H,8-9,11,18H2,1H3. The lowest BCUT2D eigenvalue weighted by molar-refractivity contribution is 0.821. The fraction of sp³-hybridized carbons (Fsp3) is 0.235. The maximum absolute atomic E-state index is 9.44. The van der Waals surface area contributed by atoms with E-state index in [0.717, 1.165) is 30.0 Å². The van der Waals surface area contributed by atoms with Crippen molar-refractivity contribution in [3.05, 3.63) is 53.6 Å². The van der Waals surface area contributed by atoms with Gasteiger partial charge in [-0.15, -0.1) is 0 Å². The predicted octanol–water partition coefficient (Wildman–Crippen LogP) is 2.60. The van der Waals surface area contributed by atoms with Gasteiger partial charge in [-0.3, -0.25) is 0 Å². The van der Waals surface area contributed by atoms with Crippen LogP contribution in [0.4, 0.5) is 17.1 Å². The number of anilines is 3. The number of rotatable bonds is 2. The summed E-state index contributed by atoms with van der Waals surface area (Å²) < 4.78 is 0. The maximum Gasteiger partial charge on any atom is 0.101 e. The van der Waals surface area contributed by atoms with Crippen molar-refractivity contribution in [2.75, 3.05) is 29.9 Å². The Balaban J connectivity index is 2.10. The van der Waals surface area contributed by atoms with Crippen LogP contribution >= 0.6 is 0 Å². The number of likely N-dealkylation sites (N-methyl/N-ethyl adjacent to an activating group) is 1. The molecule has 1 heterocycles. The smallest absolute Gasteiger partial charge is 0.101 e. The monoisotopic (exact) mass is 278 g/mol. The van der Waals surface area contributed by atoms with Crippen LogP contribution in [-0.2, 0) is 6.54 Å². The summed E-state index contributed by atoms with van der Waals surface area (Å²) in [6.45, 7) is 2.25. The van der Waals surface area contributed by atoms with E-state index in [1.54, 1.807) is 0 Å². The van der Waals surface area contributed by atoms with Crippen molar-refractivity contribution in [3.63, 3.8) is 0 Å². The van der Waals surface area contributed by atoms with Crippen LogP contribution in [0, 0.1) is 11.3 Å². The van der Waals surface area contributed by atoms with Gasteiger partial charge in [0.25, 0.3) is 0 Å². The van der Waals surface area contributed by atoms with E-state index in [1.165, 1.54) is 5.69 Å². The average Bonchev–Trinajstić information content (AvgIpc) is 2.55. The van der Waals surface area contributed by atoms with E-state index in [4.69, 9.17) is 5.73 Å². The molecular weight excluding hydrogens is 260 g/mol. The minimum atomic E-state index is 0.453. The molecule has 21 heavy (non-hydrogen) atoms. The highest BCUT2D eigenvalue weighted by molar-refractivity contribution is 5.81. The number of nitrogens with two attached hydrogens (primary N) is 1. The fourth-order valence-corrected chi connectivity index (χ4v) is 2.79. The van der Waals surface area contributed by atoms with Crippen LogP contribution in [0.2, 0.25) is 0 Å². The highest BCUT2D eigenvalue weighted by Crippen LogP contribution is 2.38. The van der Waals surface area contributed by atoms with Crippen LogP contribution in [0.15, 0.2) is 42.5 Å². The summed E-state index contributed by atoms with van der Waals surface area (Å²) >= 11 is 0. The van der Waals surface area contributed by atoms with Crippen LogP contribution in [0.3, 0.4) is 0 Å². The predicted molar refractivity (Wildman–Crippen MR) is 85.8 cm³/mol. The molecule has 2 N–H and O–H groups in total. The third-order valence-corrected chi connectivity index (χ3v) is 3.95. The van der Waals surface area contributed by atoms with Crippen molar-refractivity contribution in [3.8, 4) is 6.07 Å². The van der Waals surface area contributed by atoms with Gasteiger partial charge in [0, 0.05) is 26.7 Å². The molecule has 2 aromatic rings. The number of fused-ring (bicyclic) bond motifs is 1. The quantitative estimate of drug-likeness (QED) is 0.917. The number of benzene rings is 2. The molecular formula is C17H18N4. The zero-order chi connectivity index (χ0) is 14.8. The van der Waals surface area contributed by atoms with E-state index in [9.17, 15) is 5.26 Å². The summed E-state index contributed by atoms with van der Waals surface area (Å²) in [5, 5.41) is 9.44. The first-order valence-electron chi connectivity index (χ1n) is 7.05. The molecule has 106 valence electrons. The van der Waals surface area contributed by atoms with Crippen LogP contribution < -0.4 is 15.5 Å². The molecule has 3 rings (SSSR count). The van der Waals surface area contributed by atoms with Crippen molar-refractivity contribution < 1.29 is 0 Å². The van der Waals surface area contributed by atoms with Gasteiger partial charge in [-0.25, -0.2) is 0 Å². The third kappa shape index (κ3) is 2.32. The van der Waals surface area contributed by atoms with Gasteiger partial charge in [-0.05, 0) is 29.8 Å². The summed E-state index contributed by atoms with van der Waals surface area (Å²) in [5.74, 6) is 0. The lowest BCUT2D eigenvalue weighted by atomic mass is 10.1. The Morgan fingerprint density at radius 3 is 2.57 bits per heavy atom. The number of nitriles is 1. The molecule has 0 saturated carbocycles. The van der Waals surface area contributed by atoms with E-state index in [1.807, 2.05) is 30.3 Å². The lowest BCUT2D eigenvalue weighted by Gasteiger charge is -2.37. The van der Waals surface area contributed by atoms with Gasteiger partial charge in [0.05, 0.1) is 22.6 Å². The van der Waals surface area contributed by atoms with Gasteiger partial charge in [-0.1, -0.05) is 18.2 Å². The van der Waals surface area contributed by atoms with Crippen LogP contribution in [-0.4, -0.2) is 20.1 Å². The first kappa shape index (κ1) is 13.5. The van der Waals surface area contributed by atoms with E-state index in [-0.39, 0.29) is 0 Å². The van der Waals surface area contributed by atoms with E-state index >= 15 is 0 Å². The Hall–Kier alpha value is -2.51. The Morgan fingerprint density at radius 1 is 1.10 bits per heavy atom. The van der Waals surface area contributed by atoms with Gasteiger partial charge in [0.1, 0.15) is 6.07 Å². The summed E-state index contributed by atoms with van der Waals surface area (Å²) in [5.41, 5.74) is 10.6. The number of para-hydroxylation sites is 2. The lowest BCUT2D eigenvalue weighted by Crippen LogP contribution is -2.36. The second kappa shape index (κ2) is 5.47. The normalized spacial score (nSPS) is 13.8.